The van der Waals surface area contributed by atoms with Crippen LogP contribution in [0.5, 0.6) is 11.5 Å². The number of phenols is 2. The number of carbonyl (C=O) groups excluding carboxylic acids is 4. The number of esters is 4. The molecule has 0 spiro atoms. The van der Waals surface area contributed by atoms with Crippen LogP contribution in [0.15, 0.2) is 133 Å². The molecular formula is C43H26O12. The fourth-order valence-corrected chi connectivity index (χ4v) is 6.88. The van der Waals surface area contributed by atoms with Gasteiger partial charge in [0, 0.05) is 0 Å². The van der Waals surface area contributed by atoms with Crippen molar-refractivity contribution >= 4 is 35.8 Å². The van der Waals surface area contributed by atoms with E-state index in [2.05, 4.69) is 58.0 Å². The van der Waals surface area contributed by atoms with Crippen LogP contribution >= 0.6 is 0 Å². The van der Waals surface area contributed by atoms with Crippen molar-refractivity contribution in [1.29, 1.82) is 0 Å². The number of cyclic esters (lactones) is 4. The third kappa shape index (κ3) is 6.23. The van der Waals surface area contributed by atoms with Gasteiger partial charge in [-0.05, 0) is 94.0 Å². The summed E-state index contributed by atoms with van der Waals surface area (Å²) in [4.78, 5) is 65.1. The summed E-state index contributed by atoms with van der Waals surface area (Å²) in [6.07, 6.45) is 0. The predicted octanol–water partition coefficient (Wildman–Crippen LogP) is 6.85. The summed E-state index contributed by atoms with van der Waals surface area (Å²) in [6.45, 7) is 0. The molecule has 4 N–H and O–H groups in total. The van der Waals surface area contributed by atoms with E-state index in [1.165, 1.54) is 46.5 Å². The second-order valence-corrected chi connectivity index (χ2v) is 12.4. The van der Waals surface area contributed by atoms with Crippen LogP contribution in [0.4, 0.5) is 0 Å². The van der Waals surface area contributed by atoms with Gasteiger partial charge in [0.15, 0.2) is 0 Å². The van der Waals surface area contributed by atoms with Crippen LogP contribution in [0.1, 0.15) is 84.4 Å². The summed E-state index contributed by atoms with van der Waals surface area (Å²) in [5.41, 5.74) is 6.69. The van der Waals surface area contributed by atoms with E-state index in [1.54, 1.807) is 24.3 Å². The molecule has 0 radical (unpaired) electrons. The topological polar surface area (TPSA) is 202 Å². The number of benzene rings is 6. The summed E-state index contributed by atoms with van der Waals surface area (Å²) < 4.78 is 8.59. The minimum atomic E-state index is -1.15. The molecule has 0 saturated carbocycles. The lowest BCUT2D eigenvalue weighted by Crippen LogP contribution is -2.28. The summed E-state index contributed by atoms with van der Waals surface area (Å²) in [6, 6.07) is 39.2. The Hall–Kier alpha value is -7.86. The van der Waals surface area contributed by atoms with Gasteiger partial charge in [-0.3, -0.25) is 0 Å². The lowest BCUT2D eigenvalue weighted by atomic mass is 9.68. The summed E-state index contributed by atoms with van der Waals surface area (Å²) in [5.74, 6) is -4.87. The van der Waals surface area contributed by atoms with Crippen LogP contribution in [0, 0.1) is 0 Å². The Balaban J connectivity index is 0.000000140. The van der Waals surface area contributed by atoms with Crippen LogP contribution in [0.25, 0.3) is 11.1 Å². The number of hydrogen-bond donors (Lipinski definition) is 4. The molecule has 9 rings (SSSR count). The SMILES string of the molecule is O=C(O)c1ccc2c(c1)C(=O)OC2=O.O=C(O)c1ccc2c(c1)C(=O)OC2=O.Oc1ccc(C2(c3ccc(O)cc3)c3ccccc3-c3ccccc32)cc1. The number of carboxylic acid groups (broad SMARTS) is 2. The van der Waals surface area contributed by atoms with Gasteiger partial charge in [-0.1, -0.05) is 72.8 Å². The van der Waals surface area contributed by atoms with E-state index in [0.717, 1.165) is 23.3 Å². The van der Waals surface area contributed by atoms with Gasteiger partial charge in [0.05, 0.1) is 38.8 Å². The second kappa shape index (κ2) is 13.9. The monoisotopic (exact) mass is 734 g/mol. The van der Waals surface area contributed by atoms with E-state index in [1.807, 2.05) is 24.3 Å². The standard InChI is InChI=1S/C25H18O2.2C9H4O5/c26-19-13-9-17(10-14-19)25(18-11-15-20(27)16-12-18)23-7-3-1-5-21(23)22-6-2-4-8-24(22)25;2*10-7(11)4-1-2-5-6(3-4)9(13)14-8(5)12/h1-16,26-27H;2*1-3H,(H,10,11). The predicted molar refractivity (Wildman–Crippen MR) is 193 cm³/mol. The number of ether oxygens (including phenoxy) is 2. The number of aromatic hydroxyl groups is 2. The van der Waals surface area contributed by atoms with Crippen molar-refractivity contribution in [1.82, 2.24) is 0 Å². The van der Waals surface area contributed by atoms with E-state index in [4.69, 9.17) is 10.2 Å². The molecule has 0 amide bonds. The molecule has 6 aromatic carbocycles. The number of carboxylic acids is 2. The Morgan fingerprint density at radius 3 is 1.13 bits per heavy atom. The molecule has 0 aromatic heterocycles. The highest BCUT2D eigenvalue weighted by molar-refractivity contribution is 6.16. The quantitative estimate of drug-likeness (QED) is 0.108. The van der Waals surface area contributed by atoms with E-state index in [9.17, 15) is 39.0 Å². The first-order valence-electron chi connectivity index (χ1n) is 16.5. The number of fused-ring (bicyclic) bond motifs is 5. The largest absolute Gasteiger partial charge is 0.508 e. The Morgan fingerprint density at radius 1 is 0.418 bits per heavy atom. The van der Waals surface area contributed by atoms with Crippen molar-refractivity contribution in [2.75, 3.05) is 0 Å². The molecule has 270 valence electrons. The molecule has 12 heteroatoms. The number of carbonyl (C=O) groups is 6. The van der Waals surface area contributed by atoms with Crippen LogP contribution in [0.3, 0.4) is 0 Å². The Morgan fingerprint density at radius 2 is 0.764 bits per heavy atom. The highest BCUT2D eigenvalue weighted by atomic mass is 16.6. The first-order valence-corrected chi connectivity index (χ1v) is 16.5. The van der Waals surface area contributed by atoms with Crippen molar-refractivity contribution in [3.63, 3.8) is 0 Å². The zero-order chi connectivity index (χ0) is 39.0. The maximum absolute atomic E-state index is 11.0. The summed E-state index contributed by atoms with van der Waals surface area (Å²) >= 11 is 0. The normalized spacial score (nSPS) is 13.7. The van der Waals surface area contributed by atoms with Crippen molar-refractivity contribution in [2.45, 2.75) is 5.41 Å². The van der Waals surface area contributed by atoms with Gasteiger partial charge in [0.25, 0.3) is 0 Å². The fourth-order valence-electron chi connectivity index (χ4n) is 6.88. The molecule has 6 aromatic rings. The van der Waals surface area contributed by atoms with Crippen molar-refractivity contribution < 1.29 is 58.7 Å². The highest BCUT2D eigenvalue weighted by Crippen LogP contribution is 2.56. The molecule has 0 saturated heterocycles. The third-order valence-electron chi connectivity index (χ3n) is 9.34. The molecule has 0 atom stereocenters. The smallest absolute Gasteiger partial charge is 0.346 e. The van der Waals surface area contributed by atoms with Gasteiger partial charge in [-0.15, -0.1) is 0 Å². The van der Waals surface area contributed by atoms with Crippen molar-refractivity contribution in [3.8, 4) is 22.6 Å². The average Bonchev–Trinajstić information content (AvgIpc) is 3.77. The van der Waals surface area contributed by atoms with Crippen molar-refractivity contribution in [3.05, 3.63) is 189 Å². The molecule has 0 unspecified atom stereocenters. The first kappa shape index (κ1) is 35.5. The van der Waals surface area contributed by atoms with Gasteiger partial charge in [0.1, 0.15) is 11.5 Å². The minimum Gasteiger partial charge on any atom is -0.508 e. The van der Waals surface area contributed by atoms with Crippen LogP contribution in [-0.4, -0.2) is 56.2 Å². The Kier molecular flexibility index (Phi) is 9.00. The lowest BCUT2D eigenvalue weighted by molar-refractivity contribution is 0.0425. The zero-order valence-corrected chi connectivity index (χ0v) is 28.3. The number of aromatic carboxylic acids is 2. The maximum Gasteiger partial charge on any atom is 0.346 e. The molecule has 3 aliphatic rings. The molecule has 55 heavy (non-hydrogen) atoms. The molecule has 2 heterocycles. The minimum absolute atomic E-state index is 0.00917. The molecule has 0 fully saturated rings. The average molecular weight is 735 g/mol. The van der Waals surface area contributed by atoms with Gasteiger partial charge >= 0.3 is 35.8 Å². The molecule has 12 nitrogen and oxygen atoms in total. The molecule has 0 bridgehead atoms. The summed E-state index contributed by atoms with van der Waals surface area (Å²) in [5, 5.41) is 37.0. The Bertz CT molecular complexity index is 2410. The van der Waals surface area contributed by atoms with E-state index >= 15 is 0 Å². The van der Waals surface area contributed by atoms with Gasteiger partial charge < -0.3 is 29.9 Å². The fraction of sp³-hybridized carbons (Fsp3) is 0.0233. The van der Waals surface area contributed by atoms with E-state index in [0.29, 0.717) is 0 Å². The van der Waals surface area contributed by atoms with Crippen LogP contribution < -0.4 is 0 Å². The second-order valence-electron chi connectivity index (χ2n) is 12.4. The number of hydrogen-bond acceptors (Lipinski definition) is 10. The molecular weight excluding hydrogens is 708 g/mol. The highest BCUT2D eigenvalue weighted by Gasteiger charge is 2.45. The Labute approximate surface area is 311 Å². The van der Waals surface area contributed by atoms with E-state index in [-0.39, 0.29) is 44.9 Å². The van der Waals surface area contributed by atoms with Crippen LogP contribution in [-0.2, 0) is 14.9 Å². The van der Waals surface area contributed by atoms with Crippen molar-refractivity contribution in [2.24, 2.45) is 0 Å². The van der Waals surface area contributed by atoms with Gasteiger partial charge in [-0.2, -0.15) is 0 Å². The van der Waals surface area contributed by atoms with E-state index < -0.39 is 41.2 Å². The molecule has 2 aliphatic heterocycles. The maximum atomic E-state index is 11.0. The van der Waals surface area contributed by atoms with Crippen LogP contribution in [0.2, 0.25) is 0 Å². The zero-order valence-electron chi connectivity index (χ0n) is 28.3. The van der Waals surface area contributed by atoms with Gasteiger partial charge in [-0.25, -0.2) is 28.8 Å². The number of rotatable bonds is 4. The summed E-state index contributed by atoms with van der Waals surface area (Å²) in [7, 11) is 0. The van der Waals surface area contributed by atoms with Gasteiger partial charge in [0.2, 0.25) is 0 Å². The first-order chi connectivity index (χ1) is 26.4. The molecule has 1 aliphatic carbocycles. The lowest BCUT2D eigenvalue weighted by Gasteiger charge is -2.33. The third-order valence-corrected chi connectivity index (χ3v) is 9.34. The number of phenolic OH excluding ortho intramolecular Hbond substituents is 2.